The van der Waals surface area contributed by atoms with E-state index in [2.05, 4.69) is 28.2 Å². The molecule has 0 radical (unpaired) electrons. The summed E-state index contributed by atoms with van der Waals surface area (Å²) in [4.78, 5) is 8.00. The number of hydrogen-bond donors (Lipinski definition) is 0. The maximum Gasteiger partial charge on any atom is 0.232 e. The summed E-state index contributed by atoms with van der Waals surface area (Å²) >= 11 is 0. The lowest BCUT2D eigenvalue weighted by atomic mass is 10.0. The van der Waals surface area contributed by atoms with Crippen molar-refractivity contribution in [3.63, 3.8) is 0 Å². The summed E-state index contributed by atoms with van der Waals surface area (Å²) in [6.45, 7) is 0. The van der Waals surface area contributed by atoms with Crippen LogP contribution < -0.4 is 0 Å². The third-order valence-electron chi connectivity index (χ3n) is 5.47. The standard InChI is InChI=1S/C26H11N7/c27-10-16-1-4-21-22-5-2-17(11-28)8-25(22)33(24(21)7-16)23-6-3-18(9-19(23)12-29)20-14-31-26(13-30)32-15-20/h1-9,14-15H. The molecule has 7 heteroatoms. The summed E-state index contributed by atoms with van der Waals surface area (Å²) in [6, 6.07) is 24.7. The van der Waals surface area contributed by atoms with Crippen LogP contribution in [0.1, 0.15) is 22.5 Å². The molecule has 5 aromatic rings. The number of benzene rings is 3. The zero-order chi connectivity index (χ0) is 22.9. The van der Waals surface area contributed by atoms with Gasteiger partial charge in [-0.15, -0.1) is 0 Å². The molecule has 150 valence electrons. The summed E-state index contributed by atoms with van der Waals surface area (Å²) in [5.41, 5.74) is 4.97. The average Bonchev–Trinajstić information content (AvgIpc) is 3.20. The molecule has 0 spiro atoms. The van der Waals surface area contributed by atoms with Gasteiger partial charge in [-0.25, -0.2) is 9.97 Å². The lowest BCUT2D eigenvalue weighted by Gasteiger charge is -2.12. The van der Waals surface area contributed by atoms with Gasteiger partial charge in [-0.05, 0) is 42.0 Å². The molecule has 0 aliphatic heterocycles. The van der Waals surface area contributed by atoms with E-state index in [-0.39, 0.29) is 5.82 Å². The van der Waals surface area contributed by atoms with Gasteiger partial charge < -0.3 is 4.57 Å². The van der Waals surface area contributed by atoms with Gasteiger partial charge in [0.25, 0.3) is 0 Å². The van der Waals surface area contributed by atoms with Crippen LogP contribution in [0.4, 0.5) is 0 Å². The summed E-state index contributed by atoms with van der Waals surface area (Å²) < 4.78 is 1.91. The predicted molar refractivity (Wildman–Crippen MR) is 121 cm³/mol. The molecule has 0 atom stereocenters. The predicted octanol–water partition coefficient (Wildman–Crippen LogP) is 4.73. The van der Waals surface area contributed by atoms with Crippen LogP contribution in [0, 0.1) is 45.3 Å². The normalized spacial score (nSPS) is 10.3. The zero-order valence-corrected chi connectivity index (χ0v) is 17.0. The van der Waals surface area contributed by atoms with E-state index in [1.807, 2.05) is 34.9 Å². The van der Waals surface area contributed by atoms with Crippen molar-refractivity contribution in [1.82, 2.24) is 14.5 Å². The van der Waals surface area contributed by atoms with Gasteiger partial charge in [-0.2, -0.15) is 21.0 Å². The average molecular weight is 421 g/mol. The minimum Gasteiger partial charge on any atom is -0.308 e. The Labute approximate surface area is 188 Å². The van der Waals surface area contributed by atoms with Crippen LogP contribution in [-0.4, -0.2) is 14.5 Å². The first-order valence-corrected chi connectivity index (χ1v) is 9.82. The van der Waals surface area contributed by atoms with Gasteiger partial charge in [-0.3, -0.25) is 0 Å². The second kappa shape index (κ2) is 7.64. The smallest absolute Gasteiger partial charge is 0.232 e. The number of nitrogens with zero attached hydrogens (tertiary/aromatic N) is 7. The SMILES string of the molecule is N#Cc1ccc2c3ccc(C#N)cc3n(-c3ccc(-c4cnc(C#N)nc4)cc3C#N)c2c1. The highest BCUT2D eigenvalue weighted by Crippen LogP contribution is 2.35. The Balaban J connectivity index is 1.80. The highest BCUT2D eigenvalue weighted by atomic mass is 15.0. The number of hydrogen-bond acceptors (Lipinski definition) is 6. The van der Waals surface area contributed by atoms with Crippen LogP contribution in [0.3, 0.4) is 0 Å². The molecule has 0 amide bonds. The van der Waals surface area contributed by atoms with E-state index < -0.39 is 0 Å². The van der Waals surface area contributed by atoms with E-state index in [4.69, 9.17) is 5.26 Å². The number of fused-ring (bicyclic) bond motifs is 3. The Bertz CT molecular complexity index is 1680. The molecule has 0 fully saturated rings. The fraction of sp³-hybridized carbons (Fsp3) is 0. The molecular formula is C26H11N7. The van der Waals surface area contributed by atoms with E-state index in [9.17, 15) is 15.8 Å². The van der Waals surface area contributed by atoms with Crippen molar-refractivity contribution in [2.24, 2.45) is 0 Å². The van der Waals surface area contributed by atoms with Gasteiger partial charge in [0.2, 0.25) is 5.82 Å². The third kappa shape index (κ3) is 3.11. The topological polar surface area (TPSA) is 126 Å². The molecule has 3 aromatic carbocycles. The van der Waals surface area contributed by atoms with Crippen molar-refractivity contribution in [2.45, 2.75) is 0 Å². The summed E-state index contributed by atoms with van der Waals surface area (Å²) in [6.07, 6.45) is 3.08. The van der Waals surface area contributed by atoms with Crippen LogP contribution in [0.25, 0.3) is 38.6 Å². The number of nitriles is 4. The highest BCUT2D eigenvalue weighted by Gasteiger charge is 2.17. The molecule has 0 aliphatic carbocycles. The van der Waals surface area contributed by atoms with E-state index >= 15 is 0 Å². The molecule has 0 aliphatic rings. The Hall–Kier alpha value is -5.50. The van der Waals surface area contributed by atoms with E-state index in [1.165, 1.54) is 0 Å². The molecule has 0 N–H and O–H groups in total. The molecule has 2 heterocycles. The van der Waals surface area contributed by atoms with Crippen molar-refractivity contribution in [1.29, 1.82) is 21.0 Å². The van der Waals surface area contributed by atoms with Gasteiger partial charge in [0, 0.05) is 28.7 Å². The van der Waals surface area contributed by atoms with Crippen LogP contribution in [0.2, 0.25) is 0 Å². The zero-order valence-electron chi connectivity index (χ0n) is 17.0. The maximum atomic E-state index is 9.97. The monoisotopic (exact) mass is 421 g/mol. The molecule has 5 rings (SSSR count). The summed E-state index contributed by atoms with van der Waals surface area (Å²) in [5, 5.41) is 39.6. The molecule has 7 nitrogen and oxygen atoms in total. The molecule has 2 aromatic heterocycles. The van der Waals surface area contributed by atoms with Crippen molar-refractivity contribution in [2.75, 3.05) is 0 Å². The highest BCUT2D eigenvalue weighted by molar-refractivity contribution is 6.10. The fourth-order valence-corrected chi connectivity index (χ4v) is 3.95. The lowest BCUT2D eigenvalue weighted by Crippen LogP contribution is -1.99. The van der Waals surface area contributed by atoms with Crippen LogP contribution >= 0.6 is 0 Å². The molecule has 0 saturated carbocycles. The van der Waals surface area contributed by atoms with Gasteiger partial charge in [0.05, 0.1) is 45.5 Å². The van der Waals surface area contributed by atoms with Crippen LogP contribution in [0.5, 0.6) is 0 Å². The largest absolute Gasteiger partial charge is 0.308 e. The fourth-order valence-electron chi connectivity index (χ4n) is 3.95. The van der Waals surface area contributed by atoms with Gasteiger partial charge >= 0.3 is 0 Å². The molecule has 0 unspecified atom stereocenters. The summed E-state index contributed by atoms with van der Waals surface area (Å²) in [7, 11) is 0. The Kier molecular flexibility index (Phi) is 4.50. The van der Waals surface area contributed by atoms with E-state index in [0.717, 1.165) is 27.4 Å². The molecular weight excluding hydrogens is 410 g/mol. The summed E-state index contributed by atoms with van der Waals surface area (Å²) in [5.74, 6) is 0.0720. The first-order chi connectivity index (χ1) is 16.2. The Morgan fingerprint density at radius 1 is 0.606 bits per heavy atom. The third-order valence-corrected chi connectivity index (χ3v) is 5.47. The number of rotatable bonds is 2. The van der Waals surface area contributed by atoms with Gasteiger partial charge in [-0.1, -0.05) is 18.2 Å². The van der Waals surface area contributed by atoms with E-state index in [1.54, 1.807) is 42.7 Å². The maximum absolute atomic E-state index is 9.97. The molecule has 0 bridgehead atoms. The van der Waals surface area contributed by atoms with E-state index in [0.29, 0.717) is 27.9 Å². The second-order valence-corrected chi connectivity index (χ2v) is 7.27. The Morgan fingerprint density at radius 3 is 1.73 bits per heavy atom. The first-order valence-electron chi connectivity index (χ1n) is 9.82. The minimum atomic E-state index is 0.0720. The van der Waals surface area contributed by atoms with Gasteiger partial charge in [0.15, 0.2) is 0 Å². The van der Waals surface area contributed by atoms with Crippen molar-refractivity contribution in [3.05, 3.63) is 89.5 Å². The quantitative estimate of drug-likeness (QED) is 0.406. The lowest BCUT2D eigenvalue weighted by molar-refractivity contribution is 1.11. The van der Waals surface area contributed by atoms with Crippen molar-refractivity contribution in [3.8, 4) is 41.1 Å². The first kappa shape index (κ1) is 19.5. The van der Waals surface area contributed by atoms with Crippen molar-refractivity contribution < 1.29 is 0 Å². The number of aromatic nitrogens is 3. The molecule has 33 heavy (non-hydrogen) atoms. The van der Waals surface area contributed by atoms with Crippen LogP contribution in [0.15, 0.2) is 67.0 Å². The van der Waals surface area contributed by atoms with Crippen molar-refractivity contribution >= 4 is 21.8 Å². The molecule has 0 saturated heterocycles. The Morgan fingerprint density at radius 2 is 1.21 bits per heavy atom. The minimum absolute atomic E-state index is 0.0720. The van der Waals surface area contributed by atoms with Crippen LogP contribution in [-0.2, 0) is 0 Å². The van der Waals surface area contributed by atoms with Gasteiger partial charge in [0.1, 0.15) is 12.1 Å². The second-order valence-electron chi connectivity index (χ2n) is 7.27.